The van der Waals surface area contributed by atoms with Crippen LogP contribution in [0.1, 0.15) is 47.6 Å². The van der Waals surface area contributed by atoms with Gasteiger partial charge in [0.15, 0.2) is 11.5 Å². The molecule has 0 amide bonds. The van der Waals surface area contributed by atoms with Gasteiger partial charge in [0, 0.05) is 10.9 Å². The lowest BCUT2D eigenvalue weighted by Crippen LogP contribution is -2.29. The number of benzene rings is 1. The monoisotopic (exact) mass is 411 g/mol. The smallest absolute Gasteiger partial charge is 0.294 e. The Morgan fingerprint density at radius 1 is 1.32 bits per heavy atom. The average Bonchev–Trinajstić information content (AvgIpc) is 2.85. The van der Waals surface area contributed by atoms with Crippen molar-refractivity contribution in [1.29, 1.82) is 5.26 Å². The Morgan fingerprint density at radius 3 is 2.56 bits per heavy atom. The molecule has 0 saturated heterocycles. The van der Waals surface area contributed by atoms with Crippen LogP contribution >= 0.6 is 15.9 Å². The molecular weight excluding hydrogens is 399 g/mol. The van der Waals surface area contributed by atoms with E-state index in [-0.39, 0.29) is 17.7 Å². The van der Waals surface area contributed by atoms with E-state index in [0.717, 1.165) is 0 Å². The van der Waals surface area contributed by atoms with Gasteiger partial charge in [0.25, 0.3) is 0 Å². The summed E-state index contributed by atoms with van der Waals surface area (Å²) in [4.78, 5) is 12.4. The molecule has 0 fully saturated rings. The first-order chi connectivity index (χ1) is 11.5. The minimum absolute atomic E-state index is 0.0475. The van der Waals surface area contributed by atoms with Gasteiger partial charge in [-0.2, -0.15) is 23.5 Å². The van der Waals surface area contributed by atoms with Gasteiger partial charge in [-0.25, -0.2) is 4.68 Å². The van der Waals surface area contributed by atoms with E-state index in [1.54, 1.807) is 0 Å². The van der Waals surface area contributed by atoms with Crippen molar-refractivity contribution < 1.29 is 18.0 Å². The zero-order valence-electron chi connectivity index (χ0n) is 13.4. The lowest BCUT2D eigenvalue weighted by atomic mass is 9.75. The minimum atomic E-state index is -4.71. The summed E-state index contributed by atoms with van der Waals surface area (Å²) in [5.74, 6) is -0.544. The lowest BCUT2D eigenvalue weighted by molar-refractivity contribution is -0.141. The second-order valence-corrected chi connectivity index (χ2v) is 7.65. The molecule has 25 heavy (non-hydrogen) atoms. The Hall–Kier alpha value is -2.14. The lowest BCUT2D eigenvalue weighted by Gasteiger charge is -2.29. The molecule has 0 atom stereocenters. The molecule has 0 radical (unpaired) electrons. The summed E-state index contributed by atoms with van der Waals surface area (Å²) in [6.07, 6.45) is -4.36. The zero-order valence-corrected chi connectivity index (χ0v) is 15.0. The van der Waals surface area contributed by atoms with Crippen LogP contribution in [0.2, 0.25) is 0 Å². The second-order valence-electron chi connectivity index (χ2n) is 6.80. The van der Waals surface area contributed by atoms with Crippen LogP contribution in [0.25, 0.3) is 5.69 Å². The number of alkyl halides is 3. The number of fused-ring (bicyclic) bond motifs is 1. The van der Waals surface area contributed by atoms with E-state index < -0.39 is 23.1 Å². The Labute approximate surface area is 150 Å². The molecule has 8 heteroatoms. The van der Waals surface area contributed by atoms with Crippen LogP contribution in [0.5, 0.6) is 0 Å². The van der Waals surface area contributed by atoms with Crippen LogP contribution in [0.3, 0.4) is 0 Å². The van der Waals surface area contributed by atoms with Crippen molar-refractivity contribution in [2.75, 3.05) is 0 Å². The molecule has 3 rings (SSSR count). The molecule has 130 valence electrons. The summed E-state index contributed by atoms with van der Waals surface area (Å²) >= 11 is 3.23. The number of Topliss-reactive ketones (excluding diaryl/α,β-unsaturated/α-hetero) is 1. The van der Waals surface area contributed by atoms with E-state index in [9.17, 15) is 18.0 Å². The third kappa shape index (κ3) is 3.09. The van der Waals surface area contributed by atoms with Gasteiger partial charge in [-0.15, -0.1) is 0 Å². The average molecular weight is 412 g/mol. The van der Waals surface area contributed by atoms with Crippen molar-refractivity contribution in [3.8, 4) is 11.8 Å². The minimum Gasteiger partial charge on any atom is -0.294 e. The molecule has 0 bridgehead atoms. The zero-order chi connectivity index (χ0) is 18.6. The fraction of sp³-hybridized carbons (Fsp3) is 0.353. The molecule has 1 heterocycles. The number of carbonyl (C=O) groups is 1. The van der Waals surface area contributed by atoms with Crippen molar-refractivity contribution in [2.45, 2.75) is 32.9 Å². The summed E-state index contributed by atoms with van der Waals surface area (Å²) in [5.41, 5.74) is -0.963. The van der Waals surface area contributed by atoms with E-state index in [1.165, 1.54) is 22.9 Å². The van der Waals surface area contributed by atoms with Gasteiger partial charge in [-0.3, -0.25) is 4.79 Å². The maximum atomic E-state index is 13.4. The van der Waals surface area contributed by atoms with Crippen LogP contribution in [-0.4, -0.2) is 15.6 Å². The standard InChI is InChI=1S/C17H13BrF3N3O/c1-16(2)6-12-14(13(25)7-16)15(17(19,20)21)23-24(12)10-4-3-9(8-22)11(18)5-10/h3-5H,6-7H2,1-2H3. The predicted molar refractivity (Wildman–Crippen MR) is 87.4 cm³/mol. The quantitative estimate of drug-likeness (QED) is 0.684. The van der Waals surface area contributed by atoms with Crippen molar-refractivity contribution >= 4 is 21.7 Å². The van der Waals surface area contributed by atoms with Gasteiger partial charge in [-0.1, -0.05) is 13.8 Å². The first kappa shape index (κ1) is 17.7. The number of ketones is 1. The summed E-state index contributed by atoms with van der Waals surface area (Å²) in [6.45, 7) is 3.68. The van der Waals surface area contributed by atoms with Crippen molar-refractivity contribution in [3.63, 3.8) is 0 Å². The maximum absolute atomic E-state index is 13.4. The van der Waals surface area contributed by atoms with Crippen LogP contribution < -0.4 is 0 Å². The molecule has 1 aliphatic carbocycles. The third-order valence-electron chi connectivity index (χ3n) is 4.13. The van der Waals surface area contributed by atoms with Crippen molar-refractivity contribution in [1.82, 2.24) is 9.78 Å². The van der Waals surface area contributed by atoms with Gasteiger partial charge in [0.1, 0.15) is 6.07 Å². The molecule has 0 spiro atoms. The van der Waals surface area contributed by atoms with Gasteiger partial charge >= 0.3 is 6.18 Å². The molecule has 1 aliphatic rings. The van der Waals surface area contributed by atoms with Crippen LogP contribution in [0, 0.1) is 16.7 Å². The molecule has 1 aromatic carbocycles. The summed E-state index contributed by atoms with van der Waals surface area (Å²) in [7, 11) is 0. The van der Waals surface area contributed by atoms with E-state index in [0.29, 0.717) is 22.1 Å². The Balaban J connectivity index is 2.27. The van der Waals surface area contributed by atoms with Crippen LogP contribution in [-0.2, 0) is 12.6 Å². The highest BCUT2D eigenvalue weighted by molar-refractivity contribution is 9.10. The normalized spacial score (nSPS) is 16.4. The Bertz CT molecular complexity index is 922. The van der Waals surface area contributed by atoms with Crippen LogP contribution in [0.15, 0.2) is 22.7 Å². The first-order valence-electron chi connectivity index (χ1n) is 7.46. The Kier molecular flexibility index (Phi) is 4.03. The van der Waals surface area contributed by atoms with E-state index in [2.05, 4.69) is 21.0 Å². The predicted octanol–water partition coefficient (Wildman–Crippen LogP) is 4.68. The molecular formula is C17H13BrF3N3O. The summed E-state index contributed by atoms with van der Waals surface area (Å²) in [5, 5.41) is 12.7. The third-order valence-corrected chi connectivity index (χ3v) is 4.79. The molecule has 0 N–H and O–H groups in total. The van der Waals surface area contributed by atoms with Gasteiger partial charge in [-0.05, 0) is 46.0 Å². The largest absolute Gasteiger partial charge is 0.435 e. The van der Waals surface area contributed by atoms with Gasteiger partial charge < -0.3 is 0 Å². The number of nitriles is 1. The highest BCUT2D eigenvalue weighted by Crippen LogP contribution is 2.41. The number of rotatable bonds is 1. The second kappa shape index (κ2) is 5.70. The van der Waals surface area contributed by atoms with Crippen molar-refractivity contribution in [2.24, 2.45) is 5.41 Å². The maximum Gasteiger partial charge on any atom is 0.435 e. The molecule has 0 aliphatic heterocycles. The molecule has 2 aromatic rings. The highest BCUT2D eigenvalue weighted by Gasteiger charge is 2.45. The fourth-order valence-corrected chi connectivity index (χ4v) is 3.54. The topological polar surface area (TPSA) is 58.7 Å². The first-order valence-corrected chi connectivity index (χ1v) is 8.25. The van der Waals surface area contributed by atoms with Crippen molar-refractivity contribution in [3.05, 3.63) is 45.2 Å². The SMILES string of the molecule is CC1(C)CC(=O)c2c(C(F)(F)F)nn(-c3ccc(C#N)c(Br)c3)c2C1. The van der Waals surface area contributed by atoms with E-state index in [1.807, 2.05) is 19.9 Å². The summed E-state index contributed by atoms with van der Waals surface area (Å²) in [6, 6.07) is 6.51. The molecule has 4 nitrogen and oxygen atoms in total. The molecule has 0 saturated carbocycles. The van der Waals surface area contributed by atoms with Gasteiger partial charge in [0.2, 0.25) is 0 Å². The molecule has 1 aromatic heterocycles. The number of nitrogens with zero attached hydrogens (tertiary/aromatic N) is 3. The number of halogens is 4. The number of aromatic nitrogens is 2. The number of carbonyl (C=O) groups excluding carboxylic acids is 1. The highest BCUT2D eigenvalue weighted by atomic mass is 79.9. The fourth-order valence-electron chi connectivity index (χ4n) is 3.09. The summed E-state index contributed by atoms with van der Waals surface area (Å²) < 4.78 is 41.8. The number of hydrogen-bond donors (Lipinski definition) is 0. The Morgan fingerprint density at radius 2 is 2.00 bits per heavy atom. The van der Waals surface area contributed by atoms with Crippen LogP contribution in [0.4, 0.5) is 13.2 Å². The molecule has 0 unspecified atom stereocenters. The van der Waals surface area contributed by atoms with Gasteiger partial charge in [0.05, 0.1) is 22.5 Å². The number of hydrogen-bond acceptors (Lipinski definition) is 3. The van der Waals surface area contributed by atoms with E-state index >= 15 is 0 Å². The van der Waals surface area contributed by atoms with E-state index in [4.69, 9.17) is 5.26 Å².